The molecule has 0 saturated heterocycles. The van der Waals surface area contributed by atoms with Gasteiger partial charge in [0, 0.05) is 30.1 Å². The van der Waals surface area contributed by atoms with Crippen molar-refractivity contribution < 1.29 is 45.4 Å². The van der Waals surface area contributed by atoms with Crippen molar-refractivity contribution in [3.05, 3.63) is 54.4 Å². The highest BCUT2D eigenvalue weighted by atomic mass is 32.2. The van der Waals surface area contributed by atoms with Crippen molar-refractivity contribution in [1.29, 1.82) is 0 Å². The van der Waals surface area contributed by atoms with Crippen LogP contribution in [0.1, 0.15) is 52.0 Å². The lowest BCUT2D eigenvalue weighted by Gasteiger charge is -2.42. The summed E-state index contributed by atoms with van der Waals surface area (Å²) in [5.74, 6) is -0.437. The summed E-state index contributed by atoms with van der Waals surface area (Å²) in [5.41, 5.74) is 1.90. The van der Waals surface area contributed by atoms with E-state index in [-0.39, 0.29) is 41.1 Å². The van der Waals surface area contributed by atoms with Gasteiger partial charge in [0.1, 0.15) is 22.9 Å². The molecule has 46 heavy (non-hydrogen) atoms. The smallest absolute Gasteiger partial charge is 0.422 e. The predicted octanol–water partition coefficient (Wildman–Crippen LogP) is 6.50. The van der Waals surface area contributed by atoms with Gasteiger partial charge in [-0.2, -0.15) is 13.2 Å². The Morgan fingerprint density at radius 2 is 1.61 bits per heavy atom. The number of alkyl halides is 3. The number of carbonyl (C=O) groups is 1. The molecule has 1 amide bonds. The summed E-state index contributed by atoms with van der Waals surface area (Å²) in [7, 11) is -5.74. The van der Waals surface area contributed by atoms with Crippen LogP contribution in [0, 0.1) is 0 Å². The van der Waals surface area contributed by atoms with E-state index < -0.39 is 42.9 Å². The van der Waals surface area contributed by atoms with E-state index in [4.69, 9.17) is 13.9 Å². The molecule has 0 fully saturated rings. The van der Waals surface area contributed by atoms with Crippen molar-refractivity contribution in [2.24, 2.45) is 0 Å². The highest BCUT2D eigenvalue weighted by molar-refractivity contribution is 7.90. The lowest BCUT2D eigenvalue weighted by Crippen LogP contribution is -2.50. The van der Waals surface area contributed by atoms with Crippen LogP contribution in [0.2, 0.25) is 16.6 Å². The number of aliphatic hydroxyl groups is 1. The molecule has 0 saturated carbocycles. The van der Waals surface area contributed by atoms with Gasteiger partial charge in [0.05, 0.1) is 18.9 Å². The molecule has 0 aliphatic heterocycles. The van der Waals surface area contributed by atoms with Gasteiger partial charge in [0.2, 0.25) is 0 Å². The van der Waals surface area contributed by atoms with Crippen molar-refractivity contribution >= 4 is 24.1 Å². The Kier molecular flexibility index (Phi) is 12.1. The number of aromatic nitrogens is 2. The molecule has 0 radical (unpaired) electrons. The molecule has 3 N–H and O–H groups in total. The molecule has 10 nitrogen and oxygen atoms in total. The van der Waals surface area contributed by atoms with Gasteiger partial charge in [-0.05, 0) is 53.0 Å². The maximum absolute atomic E-state index is 12.9. The number of nitrogens with zero attached hydrogens (tertiary/aromatic N) is 1. The fourth-order valence-electron chi connectivity index (χ4n) is 5.62. The average molecular weight is 686 g/mol. The molecule has 2 aromatic heterocycles. The molecule has 2 heterocycles. The number of carbonyl (C=O) groups excluding carboxylic acids is 1. The lowest BCUT2D eigenvalue weighted by atomic mass is 10.1. The SMILES string of the molecule is CC(C)[Si](OC[C@@H](O)CNC(=O)c1ccc(-c2cc(OCC(F)(F)F)cc(Oc3ccc(S(C)(=O)=O)nc3)c2)[nH]1)(C(C)C)C(C)C. The topological polar surface area (TPSA) is 140 Å². The maximum atomic E-state index is 12.9. The monoisotopic (exact) mass is 685 g/mol. The third-order valence-electron chi connectivity index (χ3n) is 7.58. The Morgan fingerprint density at radius 1 is 0.978 bits per heavy atom. The van der Waals surface area contributed by atoms with E-state index in [1.807, 2.05) is 0 Å². The summed E-state index contributed by atoms with van der Waals surface area (Å²) >= 11 is 0. The number of rotatable bonds is 15. The maximum Gasteiger partial charge on any atom is 0.422 e. The average Bonchev–Trinajstić information content (AvgIpc) is 3.45. The fraction of sp³-hybridized carbons (Fsp3) is 0.484. The first-order chi connectivity index (χ1) is 21.3. The first-order valence-electron chi connectivity index (χ1n) is 14.8. The first kappa shape index (κ1) is 37.1. The summed E-state index contributed by atoms with van der Waals surface area (Å²) < 4.78 is 79.2. The van der Waals surface area contributed by atoms with E-state index in [1.165, 1.54) is 42.6 Å². The molecule has 0 aliphatic rings. The van der Waals surface area contributed by atoms with Gasteiger partial charge < -0.3 is 29.3 Å². The van der Waals surface area contributed by atoms with E-state index in [9.17, 15) is 31.5 Å². The van der Waals surface area contributed by atoms with Crippen LogP contribution in [0.15, 0.2) is 53.7 Å². The summed E-state index contributed by atoms with van der Waals surface area (Å²) in [6.07, 6.45) is -3.33. The molecule has 0 aliphatic carbocycles. The summed E-state index contributed by atoms with van der Waals surface area (Å²) in [5, 5.41) is 13.1. The molecule has 0 unspecified atom stereocenters. The number of benzene rings is 1. The van der Waals surface area contributed by atoms with Crippen molar-refractivity contribution in [1.82, 2.24) is 15.3 Å². The summed E-state index contributed by atoms with van der Waals surface area (Å²) in [6.45, 7) is 11.4. The number of ether oxygens (including phenoxy) is 2. The number of amides is 1. The van der Waals surface area contributed by atoms with Gasteiger partial charge in [0.25, 0.3) is 5.91 Å². The zero-order valence-corrected chi connectivity index (χ0v) is 28.8. The van der Waals surface area contributed by atoms with E-state index in [0.717, 1.165) is 6.26 Å². The lowest BCUT2D eigenvalue weighted by molar-refractivity contribution is -0.153. The minimum absolute atomic E-state index is 0.0448. The summed E-state index contributed by atoms with van der Waals surface area (Å²) in [4.78, 5) is 19.7. The van der Waals surface area contributed by atoms with Crippen LogP contribution >= 0.6 is 0 Å². The minimum atomic E-state index is -4.59. The molecule has 0 bridgehead atoms. The minimum Gasteiger partial charge on any atom is -0.484 e. The Bertz CT molecular complexity index is 1550. The van der Waals surface area contributed by atoms with E-state index in [1.54, 1.807) is 6.07 Å². The zero-order valence-electron chi connectivity index (χ0n) is 26.9. The molecular formula is C31H42F3N3O7SSi. The molecule has 1 atom stereocenters. The van der Waals surface area contributed by atoms with Crippen LogP contribution in [0.5, 0.6) is 17.2 Å². The molecule has 3 aromatic rings. The Morgan fingerprint density at radius 3 is 2.15 bits per heavy atom. The van der Waals surface area contributed by atoms with Gasteiger partial charge >= 0.3 is 6.18 Å². The zero-order chi connectivity index (χ0) is 34.4. The number of sulfone groups is 1. The normalized spacial score (nSPS) is 13.3. The highest BCUT2D eigenvalue weighted by Gasteiger charge is 2.45. The van der Waals surface area contributed by atoms with Gasteiger partial charge in [0.15, 0.2) is 29.8 Å². The predicted molar refractivity (Wildman–Crippen MR) is 171 cm³/mol. The van der Waals surface area contributed by atoms with E-state index in [2.05, 4.69) is 56.8 Å². The van der Waals surface area contributed by atoms with Gasteiger partial charge in [-0.1, -0.05) is 41.5 Å². The molecule has 15 heteroatoms. The van der Waals surface area contributed by atoms with E-state index >= 15 is 0 Å². The van der Waals surface area contributed by atoms with Gasteiger partial charge in [-0.15, -0.1) is 0 Å². The molecule has 1 aromatic carbocycles. The number of pyridine rings is 1. The number of aliphatic hydroxyl groups excluding tert-OH is 1. The van der Waals surface area contributed by atoms with Crippen molar-refractivity contribution in [2.75, 3.05) is 26.0 Å². The molecule has 0 spiro atoms. The largest absolute Gasteiger partial charge is 0.484 e. The van der Waals surface area contributed by atoms with Crippen LogP contribution in [-0.4, -0.2) is 76.0 Å². The van der Waals surface area contributed by atoms with Crippen molar-refractivity contribution in [2.45, 2.75) is 75.5 Å². The van der Waals surface area contributed by atoms with Crippen molar-refractivity contribution in [3.8, 4) is 28.5 Å². The van der Waals surface area contributed by atoms with Crippen LogP contribution in [0.25, 0.3) is 11.3 Å². The second kappa shape index (κ2) is 15.0. The fourth-order valence-corrected chi connectivity index (χ4v) is 11.7. The molecular weight excluding hydrogens is 644 g/mol. The quantitative estimate of drug-likeness (QED) is 0.154. The Balaban J connectivity index is 1.75. The highest BCUT2D eigenvalue weighted by Crippen LogP contribution is 2.42. The third-order valence-corrected chi connectivity index (χ3v) is 14.7. The number of hydrogen-bond acceptors (Lipinski definition) is 8. The van der Waals surface area contributed by atoms with Crippen molar-refractivity contribution in [3.63, 3.8) is 0 Å². The number of aromatic amines is 1. The van der Waals surface area contributed by atoms with Gasteiger partial charge in [-0.3, -0.25) is 4.79 Å². The second-order valence-corrected chi connectivity index (χ2v) is 19.5. The first-order valence-corrected chi connectivity index (χ1v) is 18.8. The third kappa shape index (κ3) is 9.80. The van der Waals surface area contributed by atoms with Gasteiger partial charge in [-0.25, -0.2) is 13.4 Å². The summed E-state index contributed by atoms with van der Waals surface area (Å²) in [6, 6.07) is 9.78. The van der Waals surface area contributed by atoms with Crippen LogP contribution in [0.3, 0.4) is 0 Å². The van der Waals surface area contributed by atoms with E-state index in [0.29, 0.717) is 27.9 Å². The number of halogens is 3. The Hall–Kier alpha value is -3.40. The standard InChI is InChI=1S/C31H42F3N3O7SSi/c1-19(2)46(20(3)4,21(5)6)43-17-23(38)15-36-30(39)28-10-9-27(37-28)22-12-25(42-18-31(32,33)34)14-26(13-22)44-24-8-11-29(35-16-24)45(7,40)41/h8-14,16,19-21,23,37-38H,15,17-18H2,1-7H3,(H,36,39)/t23-/m0/s1. The number of hydrogen-bond donors (Lipinski definition) is 3. The Labute approximate surface area is 268 Å². The second-order valence-electron chi connectivity index (χ2n) is 12.1. The molecule has 254 valence electrons. The van der Waals surface area contributed by atoms with Crippen LogP contribution < -0.4 is 14.8 Å². The van der Waals surface area contributed by atoms with Crippen LogP contribution in [0.4, 0.5) is 13.2 Å². The number of nitrogens with one attached hydrogen (secondary N) is 2. The molecule has 3 rings (SSSR count). The number of H-pyrrole nitrogens is 1. The van der Waals surface area contributed by atoms with Crippen LogP contribution in [-0.2, 0) is 14.3 Å².